The van der Waals surface area contributed by atoms with Crippen LogP contribution in [-0.4, -0.2) is 68.6 Å². The number of nitro groups is 1. The number of anilines is 1. The first-order chi connectivity index (χ1) is 14.1. The van der Waals surface area contributed by atoms with Crippen molar-refractivity contribution in [1.82, 2.24) is 15.2 Å². The minimum absolute atomic E-state index is 0.0852. The van der Waals surface area contributed by atoms with Gasteiger partial charge >= 0.3 is 0 Å². The van der Waals surface area contributed by atoms with Gasteiger partial charge in [0.2, 0.25) is 0 Å². The van der Waals surface area contributed by atoms with Crippen LogP contribution in [0.1, 0.15) is 15.9 Å². The number of likely N-dealkylation sites (N-methyl/N-ethyl adjacent to an activating group) is 1. The summed E-state index contributed by atoms with van der Waals surface area (Å²) in [6, 6.07) is 6.81. The van der Waals surface area contributed by atoms with Gasteiger partial charge in [0.1, 0.15) is 5.82 Å². The Labute approximate surface area is 174 Å². The molecule has 1 fully saturated rings. The van der Waals surface area contributed by atoms with E-state index >= 15 is 0 Å². The fourth-order valence-electron chi connectivity index (χ4n) is 3.10. The van der Waals surface area contributed by atoms with Gasteiger partial charge in [0.25, 0.3) is 11.6 Å². The molecule has 1 aliphatic rings. The molecule has 1 N–H and O–H groups in total. The summed E-state index contributed by atoms with van der Waals surface area (Å²) < 4.78 is 23.6. The standard InChI is InChI=1S/C19H23N5O5S/c1-22-5-7-23(8-6-22)18-9-14(3-4-20-18)13-21-19(25)15-10-16(24(26)27)12-17(11-15)30(2,28)29/h3-4,9-12H,5-8,13H2,1-2H3,(H,21,25). The van der Waals surface area contributed by atoms with Crippen molar-refractivity contribution < 1.29 is 18.1 Å². The van der Waals surface area contributed by atoms with Crippen molar-refractivity contribution in [2.75, 3.05) is 44.4 Å². The first kappa shape index (κ1) is 21.7. The summed E-state index contributed by atoms with van der Waals surface area (Å²) in [5.74, 6) is 0.228. The third kappa shape index (κ3) is 5.30. The second-order valence-electron chi connectivity index (χ2n) is 7.24. The first-order valence-corrected chi connectivity index (χ1v) is 11.2. The lowest BCUT2D eigenvalue weighted by atomic mass is 10.1. The predicted molar refractivity (Wildman–Crippen MR) is 111 cm³/mol. The second-order valence-corrected chi connectivity index (χ2v) is 9.26. The number of hydrogen-bond acceptors (Lipinski definition) is 8. The van der Waals surface area contributed by atoms with E-state index in [0.29, 0.717) is 0 Å². The minimum atomic E-state index is -3.71. The summed E-state index contributed by atoms with van der Waals surface area (Å²) in [5.41, 5.74) is 0.281. The van der Waals surface area contributed by atoms with Crippen molar-refractivity contribution in [1.29, 1.82) is 0 Å². The average molecular weight is 433 g/mol. The minimum Gasteiger partial charge on any atom is -0.354 e. The third-order valence-electron chi connectivity index (χ3n) is 4.88. The molecule has 3 rings (SSSR count). The zero-order valence-electron chi connectivity index (χ0n) is 16.7. The predicted octanol–water partition coefficient (Wildman–Crippen LogP) is 1.08. The van der Waals surface area contributed by atoms with Crippen molar-refractivity contribution in [3.8, 4) is 0 Å². The zero-order valence-corrected chi connectivity index (χ0v) is 17.6. The van der Waals surface area contributed by atoms with Gasteiger partial charge in [-0.25, -0.2) is 13.4 Å². The number of sulfone groups is 1. The highest BCUT2D eigenvalue weighted by Crippen LogP contribution is 2.21. The molecule has 160 valence electrons. The van der Waals surface area contributed by atoms with Gasteiger partial charge in [-0.15, -0.1) is 0 Å². The van der Waals surface area contributed by atoms with Crippen molar-refractivity contribution in [3.63, 3.8) is 0 Å². The molecule has 30 heavy (non-hydrogen) atoms. The van der Waals surface area contributed by atoms with Crippen molar-refractivity contribution in [2.45, 2.75) is 11.4 Å². The number of nitrogens with zero attached hydrogens (tertiary/aromatic N) is 4. The Balaban J connectivity index is 1.74. The van der Waals surface area contributed by atoms with Gasteiger partial charge in [0.05, 0.1) is 9.82 Å². The highest BCUT2D eigenvalue weighted by Gasteiger charge is 2.19. The van der Waals surface area contributed by atoms with E-state index in [-0.39, 0.29) is 17.0 Å². The van der Waals surface area contributed by atoms with E-state index in [2.05, 4.69) is 27.1 Å². The number of rotatable bonds is 6. The van der Waals surface area contributed by atoms with E-state index < -0.39 is 26.4 Å². The Bertz CT molecular complexity index is 1060. The molecular formula is C19H23N5O5S. The molecule has 1 aromatic heterocycles. The Hall–Kier alpha value is -3.05. The van der Waals surface area contributed by atoms with Crippen LogP contribution in [0.2, 0.25) is 0 Å². The summed E-state index contributed by atoms with van der Waals surface area (Å²) in [5, 5.41) is 13.8. The van der Waals surface area contributed by atoms with Gasteiger partial charge in [-0.2, -0.15) is 0 Å². The van der Waals surface area contributed by atoms with Crippen LogP contribution in [-0.2, 0) is 16.4 Å². The molecule has 0 unspecified atom stereocenters. The van der Waals surface area contributed by atoms with E-state index in [1.54, 1.807) is 12.3 Å². The number of non-ortho nitro benzene ring substituents is 1. The number of nitrogens with one attached hydrogen (secondary N) is 1. The number of carbonyl (C=O) groups is 1. The van der Waals surface area contributed by atoms with Gasteiger partial charge < -0.3 is 15.1 Å². The number of piperazine rings is 1. The fraction of sp³-hybridized carbons (Fsp3) is 0.368. The number of aromatic nitrogens is 1. The summed E-state index contributed by atoms with van der Waals surface area (Å²) in [6.45, 7) is 3.79. The first-order valence-electron chi connectivity index (χ1n) is 9.29. The molecule has 0 saturated carbocycles. The largest absolute Gasteiger partial charge is 0.354 e. The summed E-state index contributed by atoms with van der Waals surface area (Å²) >= 11 is 0. The number of amides is 1. The Morgan fingerprint density at radius 2 is 1.90 bits per heavy atom. The second kappa shape index (κ2) is 8.76. The number of pyridine rings is 1. The molecule has 0 atom stereocenters. The van der Waals surface area contributed by atoms with Crippen LogP contribution < -0.4 is 10.2 Å². The molecule has 1 saturated heterocycles. The molecule has 1 amide bonds. The normalized spacial score (nSPS) is 15.1. The van der Waals surface area contributed by atoms with Gasteiger partial charge in [-0.3, -0.25) is 14.9 Å². The van der Waals surface area contributed by atoms with Gasteiger partial charge in [0.15, 0.2) is 9.84 Å². The van der Waals surface area contributed by atoms with Crippen LogP contribution in [0.25, 0.3) is 0 Å². The highest BCUT2D eigenvalue weighted by molar-refractivity contribution is 7.90. The highest BCUT2D eigenvalue weighted by atomic mass is 32.2. The maximum absolute atomic E-state index is 12.5. The smallest absolute Gasteiger partial charge is 0.271 e. The Morgan fingerprint density at radius 3 is 2.53 bits per heavy atom. The average Bonchev–Trinajstić information content (AvgIpc) is 2.71. The maximum atomic E-state index is 12.5. The number of nitro benzene ring substituents is 1. The van der Waals surface area contributed by atoms with E-state index in [9.17, 15) is 23.3 Å². The van der Waals surface area contributed by atoms with Crippen LogP contribution in [0, 0.1) is 10.1 Å². The molecule has 1 aliphatic heterocycles. The van der Waals surface area contributed by atoms with Gasteiger partial charge in [0, 0.05) is 62.9 Å². The van der Waals surface area contributed by atoms with Crippen molar-refractivity contribution >= 4 is 27.2 Å². The molecule has 0 aliphatic carbocycles. The molecule has 0 bridgehead atoms. The molecule has 0 radical (unpaired) electrons. The quantitative estimate of drug-likeness (QED) is 0.530. The van der Waals surface area contributed by atoms with E-state index in [0.717, 1.165) is 62.0 Å². The lowest BCUT2D eigenvalue weighted by Gasteiger charge is -2.33. The summed E-state index contributed by atoms with van der Waals surface area (Å²) in [4.78, 5) is 31.4. The van der Waals surface area contributed by atoms with Gasteiger partial charge in [-0.1, -0.05) is 0 Å². The van der Waals surface area contributed by atoms with E-state index in [4.69, 9.17) is 0 Å². The molecule has 2 heterocycles. The number of benzene rings is 1. The monoisotopic (exact) mass is 433 g/mol. The third-order valence-corrected chi connectivity index (χ3v) is 5.97. The van der Waals surface area contributed by atoms with Crippen molar-refractivity contribution in [2.24, 2.45) is 0 Å². The number of hydrogen-bond donors (Lipinski definition) is 1. The molecule has 1 aromatic carbocycles. The Kier molecular flexibility index (Phi) is 6.32. The fourth-order valence-corrected chi connectivity index (χ4v) is 3.77. The lowest BCUT2D eigenvalue weighted by Crippen LogP contribution is -2.44. The van der Waals surface area contributed by atoms with Crippen LogP contribution in [0.15, 0.2) is 41.4 Å². The summed E-state index contributed by atoms with van der Waals surface area (Å²) in [6.07, 6.45) is 2.61. The lowest BCUT2D eigenvalue weighted by molar-refractivity contribution is -0.385. The molecule has 0 spiro atoms. The zero-order chi connectivity index (χ0) is 21.9. The molecular weight excluding hydrogens is 410 g/mol. The van der Waals surface area contributed by atoms with Crippen molar-refractivity contribution in [3.05, 3.63) is 57.8 Å². The van der Waals surface area contributed by atoms with Crippen LogP contribution in [0.5, 0.6) is 0 Å². The maximum Gasteiger partial charge on any atom is 0.271 e. The molecule has 2 aromatic rings. The van der Waals surface area contributed by atoms with Crippen LogP contribution in [0.4, 0.5) is 11.5 Å². The molecule has 11 heteroatoms. The van der Waals surface area contributed by atoms with E-state index in [1.165, 1.54) is 0 Å². The summed E-state index contributed by atoms with van der Waals surface area (Å²) in [7, 11) is -1.64. The van der Waals surface area contributed by atoms with Crippen LogP contribution in [0.3, 0.4) is 0 Å². The molecule has 10 nitrogen and oxygen atoms in total. The SMILES string of the molecule is CN1CCN(c2cc(CNC(=O)c3cc([N+](=O)[O-])cc(S(C)(=O)=O)c3)ccn2)CC1. The number of carbonyl (C=O) groups excluding carboxylic acids is 1. The van der Waals surface area contributed by atoms with E-state index in [1.807, 2.05) is 6.07 Å². The van der Waals surface area contributed by atoms with Crippen LogP contribution >= 0.6 is 0 Å². The Morgan fingerprint density at radius 1 is 1.20 bits per heavy atom. The topological polar surface area (TPSA) is 126 Å². The van der Waals surface area contributed by atoms with Gasteiger partial charge in [-0.05, 0) is 30.8 Å².